The molecule has 0 aliphatic heterocycles. The number of aryl methyl sites for hydroxylation is 1. The highest BCUT2D eigenvalue weighted by Gasteiger charge is 2.29. The molecule has 0 aliphatic carbocycles. The minimum atomic E-state index is -0.578. The van der Waals surface area contributed by atoms with Crippen molar-refractivity contribution in [3.8, 4) is 11.5 Å². The predicted molar refractivity (Wildman–Crippen MR) is 127 cm³/mol. The lowest BCUT2D eigenvalue weighted by molar-refractivity contribution is -0.143. The number of methoxy groups -OCH3 is 1. The molecule has 0 fully saturated rings. The lowest BCUT2D eigenvalue weighted by Gasteiger charge is -2.31. The molecule has 0 aliphatic rings. The van der Waals surface area contributed by atoms with Crippen LogP contribution in [-0.2, 0) is 16.1 Å². The highest BCUT2D eigenvalue weighted by molar-refractivity contribution is 5.88. The van der Waals surface area contributed by atoms with Gasteiger partial charge in [-0.25, -0.2) is 0 Å². The first-order valence-corrected chi connectivity index (χ1v) is 11.2. The molecule has 0 heterocycles. The Morgan fingerprint density at radius 3 is 2.34 bits per heavy atom. The van der Waals surface area contributed by atoms with Crippen LogP contribution in [0.1, 0.15) is 43.9 Å². The number of carbonyl (C=O) groups excluding carboxylic acids is 2. The highest BCUT2D eigenvalue weighted by Crippen LogP contribution is 2.21. The van der Waals surface area contributed by atoms with Crippen LogP contribution < -0.4 is 14.8 Å². The Bertz CT molecular complexity index is 893. The first-order valence-electron chi connectivity index (χ1n) is 11.2. The summed E-state index contributed by atoms with van der Waals surface area (Å²) in [6.07, 6.45) is 0.509. The van der Waals surface area contributed by atoms with Gasteiger partial charge in [0, 0.05) is 13.1 Å². The molecular weight excluding hydrogens is 404 g/mol. The molecule has 0 spiro atoms. The summed E-state index contributed by atoms with van der Waals surface area (Å²) in [6.45, 7) is 10.7. The Morgan fingerprint density at radius 1 is 1.06 bits per heavy atom. The fourth-order valence-corrected chi connectivity index (χ4v) is 3.37. The summed E-state index contributed by atoms with van der Waals surface area (Å²) in [5, 5.41) is 2.97. The lowest BCUT2D eigenvalue weighted by Crippen LogP contribution is -2.50. The SMILES string of the molecule is CC[C@H](C(=O)NCC(C)C)N(Cc1ccc(OC)cc1)C(=O)COc1cccc(C)c1C. The van der Waals surface area contributed by atoms with Crippen LogP contribution in [0.3, 0.4) is 0 Å². The van der Waals surface area contributed by atoms with Gasteiger partial charge in [-0.3, -0.25) is 9.59 Å². The van der Waals surface area contributed by atoms with Gasteiger partial charge in [0.05, 0.1) is 7.11 Å². The Labute approximate surface area is 191 Å². The van der Waals surface area contributed by atoms with E-state index in [-0.39, 0.29) is 18.4 Å². The number of nitrogens with one attached hydrogen (secondary N) is 1. The van der Waals surface area contributed by atoms with Gasteiger partial charge in [0.2, 0.25) is 5.91 Å². The Balaban J connectivity index is 2.22. The van der Waals surface area contributed by atoms with E-state index in [1.807, 2.05) is 77.1 Å². The minimum absolute atomic E-state index is 0.131. The molecule has 0 unspecified atom stereocenters. The zero-order valence-corrected chi connectivity index (χ0v) is 20.1. The third-order valence-electron chi connectivity index (χ3n) is 5.49. The fraction of sp³-hybridized carbons (Fsp3) is 0.462. The van der Waals surface area contributed by atoms with Gasteiger partial charge in [-0.1, -0.05) is 45.0 Å². The van der Waals surface area contributed by atoms with Crippen LogP contribution in [0, 0.1) is 19.8 Å². The second-order valence-electron chi connectivity index (χ2n) is 8.42. The van der Waals surface area contributed by atoms with Crippen LogP contribution in [0.4, 0.5) is 0 Å². The normalized spacial score (nSPS) is 11.7. The third kappa shape index (κ3) is 7.01. The maximum absolute atomic E-state index is 13.3. The van der Waals surface area contributed by atoms with Gasteiger partial charge in [-0.05, 0) is 61.1 Å². The molecule has 0 radical (unpaired) electrons. The summed E-state index contributed by atoms with van der Waals surface area (Å²) in [5.74, 6) is 1.38. The van der Waals surface area contributed by atoms with Crippen LogP contribution in [0.5, 0.6) is 11.5 Å². The van der Waals surface area contributed by atoms with E-state index in [0.717, 1.165) is 22.4 Å². The van der Waals surface area contributed by atoms with E-state index < -0.39 is 6.04 Å². The van der Waals surface area contributed by atoms with Crippen molar-refractivity contribution in [3.63, 3.8) is 0 Å². The molecule has 6 nitrogen and oxygen atoms in total. The van der Waals surface area contributed by atoms with E-state index in [9.17, 15) is 9.59 Å². The van der Waals surface area contributed by atoms with Crippen molar-refractivity contribution in [1.29, 1.82) is 0 Å². The number of rotatable bonds is 11. The van der Waals surface area contributed by atoms with Gasteiger partial charge in [0.25, 0.3) is 5.91 Å². The van der Waals surface area contributed by atoms with Crippen molar-refractivity contribution in [1.82, 2.24) is 10.2 Å². The Hall–Kier alpha value is -3.02. The summed E-state index contributed by atoms with van der Waals surface area (Å²) in [5.41, 5.74) is 3.02. The maximum atomic E-state index is 13.3. The van der Waals surface area contributed by atoms with E-state index in [1.165, 1.54) is 0 Å². The molecule has 0 bridgehead atoms. The Kier molecular flexibility index (Phi) is 9.57. The molecule has 0 saturated heterocycles. The van der Waals surface area contributed by atoms with E-state index in [1.54, 1.807) is 12.0 Å². The summed E-state index contributed by atoms with van der Waals surface area (Å²) in [4.78, 5) is 27.8. The quantitative estimate of drug-likeness (QED) is 0.567. The van der Waals surface area contributed by atoms with Gasteiger partial charge in [0.15, 0.2) is 6.61 Å². The lowest BCUT2D eigenvalue weighted by atomic mass is 10.1. The summed E-state index contributed by atoms with van der Waals surface area (Å²) < 4.78 is 11.1. The monoisotopic (exact) mass is 440 g/mol. The van der Waals surface area contributed by atoms with Gasteiger partial charge < -0.3 is 19.7 Å². The summed E-state index contributed by atoms with van der Waals surface area (Å²) in [6, 6.07) is 12.7. The van der Waals surface area contributed by atoms with Gasteiger partial charge in [0.1, 0.15) is 17.5 Å². The molecule has 32 heavy (non-hydrogen) atoms. The zero-order chi connectivity index (χ0) is 23.7. The van der Waals surface area contributed by atoms with E-state index in [2.05, 4.69) is 5.32 Å². The number of nitrogens with zero attached hydrogens (tertiary/aromatic N) is 1. The third-order valence-corrected chi connectivity index (χ3v) is 5.49. The molecule has 0 aromatic heterocycles. The number of amides is 2. The molecule has 2 amide bonds. The minimum Gasteiger partial charge on any atom is -0.497 e. The second-order valence-corrected chi connectivity index (χ2v) is 8.42. The van der Waals surface area contributed by atoms with E-state index in [4.69, 9.17) is 9.47 Å². The van der Waals surface area contributed by atoms with Crippen LogP contribution in [-0.4, -0.2) is 43.0 Å². The molecule has 2 aromatic carbocycles. The van der Waals surface area contributed by atoms with E-state index in [0.29, 0.717) is 31.2 Å². The molecule has 2 aromatic rings. The molecule has 0 saturated carbocycles. The molecular formula is C26H36N2O4. The maximum Gasteiger partial charge on any atom is 0.261 e. The van der Waals surface area contributed by atoms with Gasteiger partial charge in [-0.15, -0.1) is 0 Å². The Morgan fingerprint density at radius 2 is 1.75 bits per heavy atom. The second kappa shape index (κ2) is 12.1. The van der Waals surface area contributed by atoms with Crippen LogP contribution in [0.2, 0.25) is 0 Å². The van der Waals surface area contributed by atoms with Crippen molar-refractivity contribution < 1.29 is 19.1 Å². The highest BCUT2D eigenvalue weighted by atomic mass is 16.5. The molecule has 174 valence electrons. The number of hydrogen-bond donors (Lipinski definition) is 1. The smallest absolute Gasteiger partial charge is 0.261 e. The van der Waals surface area contributed by atoms with Crippen molar-refractivity contribution in [2.24, 2.45) is 5.92 Å². The average molecular weight is 441 g/mol. The standard InChI is InChI=1S/C26H36N2O4/c1-7-23(26(30)27-15-18(2)3)28(16-21-11-13-22(31-6)14-12-21)25(29)17-32-24-10-8-9-19(4)20(24)5/h8-14,18,23H,7,15-17H2,1-6H3,(H,27,30)/t23-/m1/s1. The van der Waals surface area contributed by atoms with E-state index >= 15 is 0 Å². The van der Waals surface area contributed by atoms with Crippen molar-refractivity contribution in [2.45, 2.75) is 53.6 Å². The first kappa shape index (κ1) is 25.2. The van der Waals surface area contributed by atoms with Crippen LogP contribution in [0.15, 0.2) is 42.5 Å². The number of carbonyl (C=O) groups is 2. The van der Waals surface area contributed by atoms with Crippen molar-refractivity contribution >= 4 is 11.8 Å². The van der Waals surface area contributed by atoms with Crippen LogP contribution >= 0.6 is 0 Å². The topological polar surface area (TPSA) is 67.9 Å². The molecule has 6 heteroatoms. The number of benzene rings is 2. The zero-order valence-electron chi connectivity index (χ0n) is 20.1. The number of ether oxygens (including phenoxy) is 2. The molecule has 2 rings (SSSR count). The van der Waals surface area contributed by atoms with Gasteiger partial charge >= 0.3 is 0 Å². The fourth-order valence-electron chi connectivity index (χ4n) is 3.37. The summed E-state index contributed by atoms with van der Waals surface area (Å²) >= 11 is 0. The predicted octanol–water partition coefficient (Wildman–Crippen LogP) is 4.27. The van der Waals surface area contributed by atoms with Gasteiger partial charge in [-0.2, -0.15) is 0 Å². The molecule has 1 atom stereocenters. The number of hydrogen-bond acceptors (Lipinski definition) is 4. The average Bonchev–Trinajstić information content (AvgIpc) is 2.78. The summed E-state index contributed by atoms with van der Waals surface area (Å²) in [7, 11) is 1.61. The van der Waals surface area contributed by atoms with Crippen molar-refractivity contribution in [2.75, 3.05) is 20.3 Å². The first-order chi connectivity index (χ1) is 15.3. The van der Waals surface area contributed by atoms with Crippen molar-refractivity contribution in [3.05, 3.63) is 59.2 Å². The van der Waals surface area contributed by atoms with Crippen LogP contribution in [0.25, 0.3) is 0 Å². The largest absolute Gasteiger partial charge is 0.497 e. The molecule has 1 N–H and O–H groups in total.